The van der Waals surface area contributed by atoms with Crippen LogP contribution in [0.3, 0.4) is 0 Å². The Morgan fingerprint density at radius 2 is 2.00 bits per heavy atom. The number of rotatable bonds is 8. The van der Waals surface area contributed by atoms with Gasteiger partial charge >= 0.3 is 5.97 Å². The maximum absolute atomic E-state index is 11.3. The number of esters is 1. The summed E-state index contributed by atoms with van der Waals surface area (Å²) in [6.07, 6.45) is 7.86. The van der Waals surface area contributed by atoms with Gasteiger partial charge in [-0.05, 0) is 44.9 Å². The molecule has 0 bridgehead atoms. The number of methoxy groups -OCH3 is 1. The first-order chi connectivity index (χ1) is 8.56. The molecule has 0 saturated heterocycles. The molecule has 0 aliphatic heterocycles. The van der Waals surface area contributed by atoms with E-state index in [0.717, 1.165) is 32.0 Å². The van der Waals surface area contributed by atoms with E-state index in [2.05, 4.69) is 4.74 Å². The molecule has 18 heavy (non-hydrogen) atoms. The van der Waals surface area contributed by atoms with Crippen LogP contribution in [0.2, 0.25) is 0 Å². The lowest BCUT2D eigenvalue weighted by molar-refractivity contribution is -0.146. The number of hydrogen-bond donors (Lipinski definition) is 1. The molecule has 106 valence electrons. The zero-order valence-corrected chi connectivity index (χ0v) is 11.7. The summed E-state index contributed by atoms with van der Waals surface area (Å²) in [6.45, 7) is 3.39. The summed E-state index contributed by atoms with van der Waals surface area (Å²) in [5.41, 5.74) is 5.01. The molecule has 0 amide bonds. The molecule has 1 fully saturated rings. The van der Waals surface area contributed by atoms with Gasteiger partial charge < -0.3 is 15.2 Å². The van der Waals surface area contributed by atoms with Crippen molar-refractivity contribution in [2.75, 3.05) is 20.3 Å². The summed E-state index contributed by atoms with van der Waals surface area (Å²) in [5.74, 6) is 0.439. The molecule has 1 atom stereocenters. The number of carbonyl (C=O) groups is 1. The number of hydrogen-bond acceptors (Lipinski definition) is 4. The molecule has 0 aromatic carbocycles. The number of nitrogens with two attached hydrogens (primary N) is 1. The van der Waals surface area contributed by atoms with Crippen LogP contribution >= 0.6 is 0 Å². The van der Waals surface area contributed by atoms with E-state index in [9.17, 15) is 4.79 Å². The van der Waals surface area contributed by atoms with Gasteiger partial charge in [0.2, 0.25) is 0 Å². The van der Waals surface area contributed by atoms with Crippen molar-refractivity contribution < 1.29 is 14.3 Å². The molecule has 4 nitrogen and oxygen atoms in total. The van der Waals surface area contributed by atoms with Crippen LogP contribution in [0.1, 0.15) is 51.9 Å². The van der Waals surface area contributed by atoms with Crippen LogP contribution in [0.15, 0.2) is 0 Å². The lowest BCUT2D eigenvalue weighted by Gasteiger charge is -2.21. The molecule has 1 unspecified atom stereocenters. The molecule has 1 aliphatic carbocycles. The van der Waals surface area contributed by atoms with Gasteiger partial charge in [0.05, 0.1) is 7.11 Å². The van der Waals surface area contributed by atoms with Crippen molar-refractivity contribution in [3.63, 3.8) is 0 Å². The zero-order valence-electron chi connectivity index (χ0n) is 11.7. The number of carbonyl (C=O) groups excluding carboxylic acids is 1. The fourth-order valence-electron chi connectivity index (χ4n) is 2.46. The van der Waals surface area contributed by atoms with Crippen molar-refractivity contribution in [3.05, 3.63) is 0 Å². The lowest BCUT2D eigenvalue weighted by Crippen LogP contribution is -2.45. The molecular weight excluding hydrogens is 230 g/mol. The summed E-state index contributed by atoms with van der Waals surface area (Å²) < 4.78 is 10.3. The smallest absolute Gasteiger partial charge is 0.325 e. The zero-order chi connectivity index (χ0) is 13.4. The van der Waals surface area contributed by atoms with Crippen LogP contribution in [0.25, 0.3) is 0 Å². The topological polar surface area (TPSA) is 61.5 Å². The highest BCUT2D eigenvalue weighted by molar-refractivity contribution is 5.79. The predicted molar refractivity (Wildman–Crippen MR) is 71.2 cm³/mol. The van der Waals surface area contributed by atoms with Gasteiger partial charge in [0, 0.05) is 13.2 Å². The fourth-order valence-corrected chi connectivity index (χ4v) is 2.46. The third-order valence-corrected chi connectivity index (χ3v) is 3.71. The van der Waals surface area contributed by atoms with E-state index >= 15 is 0 Å². The second-order valence-corrected chi connectivity index (χ2v) is 5.59. The summed E-state index contributed by atoms with van der Waals surface area (Å²) in [5, 5.41) is 0. The normalized spacial score (nSPS) is 19.7. The minimum atomic E-state index is -0.861. The van der Waals surface area contributed by atoms with E-state index < -0.39 is 5.54 Å². The van der Waals surface area contributed by atoms with E-state index in [0.29, 0.717) is 6.42 Å². The van der Waals surface area contributed by atoms with Crippen molar-refractivity contribution in [3.8, 4) is 0 Å². The molecule has 0 aromatic rings. The van der Waals surface area contributed by atoms with E-state index in [-0.39, 0.29) is 5.97 Å². The minimum absolute atomic E-state index is 0.339. The van der Waals surface area contributed by atoms with Gasteiger partial charge in [0.1, 0.15) is 5.54 Å². The summed E-state index contributed by atoms with van der Waals surface area (Å²) in [4.78, 5) is 11.3. The lowest BCUT2D eigenvalue weighted by atomic mass is 9.96. The van der Waals surface area contributed by atoms with Gasteiger partial charge in [-0.2, -0.15) is 0 Å². The summed E-state index contributed by atoms with van der Waals surface area (Å²) in [7, 11) is 1.37. The van der Waals surface area contributed by atoms with E-state index in [1.807, 2.05) is 0 Å². The van der Waals surface area contributed by atoms with Gasteiger partial charge in [-0.1, -0.05) is 12.8 Å². The van der Waals surface area contributed by atoms with E-state index in [4.69, 9.17) is 10.5 Å². The molecule has 0 heterocycles. The second-order valence-electron chi connectivity index (χ2n) is 5.59. The van der Waals surface area contributed by atoms with Crippen molar-refractivity contribution in [2.45, 2.75) is 57.4 Å². The highest BCUT2D eigenvalue weighted by atomic mass is 16.5. The Hall–Kier alpha value is -0.610. The van der Waals surface area contributed by atoms with Crippen molar-refractivity contribution in [2.24, 2.45) is 11.7 Å². The highest BCUT2D eigenvalue weighted by Crippen LogP contribution is 2.24. The van der Waals surface area contributed by atoms with E-state index in [1.165, 1.54) is 32.8 Å². The third kappa shape index (κ3) is 5.36. The Morgan fingerprint density at radius 3 is 2.61 bits per heavy atom. The number of unbranched alkanes of at least 4 members (excludes halogenated alkanes) is 1. The molecule has 4 heteroatoms. The van der Waals surface area contributed by atoms with Gasteiger partial charge in [-0.3, -0.25) is 4.79 Å². The Morgan fingerprint density at radius 1 is 1.33 bits per heavy atom. The van der Waals surface area contributed by atoms with Crippen LogP contribution in [-0.2, 0) is 14.3 Å². The molecule has 1 saturated carbocycles. The molecule has 0 radical (unpaired) electrons. The average Bonchev–Trinajstić information content (AvgIpc) is 2.85. The second kappa shape index (κ2) is 7.74. The van der Waals surface area contributed by atoms with Crippen molar-refractivity contribution in [1.82, 2.24) is 0 Å². The standard InChI is InChI=1S/C14H27NO3/c1-14(15,13(16)17-2)9-5-6-10-18-11-12-7-3-4-8-12/h12H,3-11,15H2,1-2H3. The maximum Gasteiger partial charge on any atom is 0.325 e. The Kier molecular flexibility index (Phi) is 6.65. The molecular formula is C14H27NO3. The number of ether oxygens (including phenoxy) is 2. The SMILES string of the molecule is COC(=O)C(C)(N)CCCCOCC1CCCC1. The first kappa shape index (κ1) is 15.4. The van der Waals surface area contributed by atoms with Crippen LogP contribution in [0.4, 0.5) is 0 Å². The molecule has 0 aromatic heterocycles. The van der Waals surface area contributed by atoms with Gasteiger partial charge in [0.15, 0.2) is 0 Å². The van der Waals surface area contributed by atoms with Gasteiger partial charge in [-0.15, -0.1) is 0 Å². The minimum Gasteiger partial charge on any atom is -0.468 e. The molecule has 1 aliphatic rings. The van der Waals surface area contributed by atoms with E-state index in [1.54, 1.807) is 6.92 Å². The Balaban J connectivity index is 1.99. The van der Waals surface area contributed by atoms with Crippen LogP contribution in [0, 0.1) is 5.92 Å². The fraction of sp³-hybridized carbons (Fsp3) is 0.929. The average molecular weight is 257 g/mol. The molecule has 1 rings (SSSR count). The predicted octanol–water partition coefficient (Wildman–Crippen LogP) is 2.25. The maximum atomic E-state index is 11.3. The molecule has 0 spiro atoms. The largest absolute Gasteiger partial charge is 0.468 e. The Labute approximate surface area is 110 Å². The Bertz CT molecular complexity index is 247. The first-order valence-corrected chi connectivity index (χ1v) is 7.01. The van der Waals surface area contributed by atoms with Crippen molar-refractivity contribution in [1.29, 1.82) is 0 Å². The van der Waals surface area contributed by atoms with Gasteiger partial charge in [0.25, 0.3) is 0 Å². The van der Waals surface area contributed by atoms with Crippen LogP contribution in [0.5, 0.6) is 0 Å². The summed E-state index contributed by atoms with van der Waals surface area (Å²) in [6, 6.07) is 0. The van der Waals surface area contributed by atoms with Crippen LogP contribution < -0.4 is 5.73 Å². The molecule has 2 N–H and O–H groups in total. The highest BCUT2D eigenvalue weighted by Gasteiger charge is 2.28. The summed E-state index contributed by atoms with van der Waals surface area (Å²) >= 11 is 0. The third-order valence-electron chi connectivity index (χ3n) is 3.71. The van der Waals surface area contributed by atoms with Gasteiger partial charge in [-0.25, -0.2) is 0 Å². The van der Waals surface area contributed by atoms with Crippen molar-refractivity contribution >= 4 is 5.97 Å². The quantitative estimate of drug-likeness (QED) is 0.535. The first-order valence-electron chi connectivity index (χ1n) is 7.01. The monoisotopic (exact) mass is 257 g/mol. The van der Waals surface area contributed by atoms with Crippen LogP contribution in [-0.4, -0.2) is 31.8 Å².